The molecule has 3 nitrogen and oxygen atoms in total. The Kier molecular flexibility index (Phi) is 3.26. The SMILES string of the molecule is NCC(F)C(O)C(=O)F. The number of rotatable bonds is 3. The molecule has 0 aromatic carbocycles. The number of halogens is 2. The molecule has 0 saturated carbocycles. The van der Waals surface area contributed by atoms with Crippen LogP contribution >= 0.6 is 0 Å². The van der Waals surface area contributed by atoms with E-state index in [1.165, 1.54) is 0 Å². The lowest BCUT2D eigenvalue weighted by atomic mass is 10.2. The molecule has 0 rings (SSSR count). The lowest BCUT2D eigenvalue weighted by Crippen LogP contribution is -2.34. The zero-order chi connectivity index (χ0) is 7.44. The van der Waals surface area contributed by atoms with Gasteiger partial charge in [0.15, 0.2) is 6.10 Å². The van der Waals surface area contributed by atoms with E-state index < -0.39 is 24.9 Å². The van der Waals surface area contributed by atoms with Crippen LogP contribution in [0.4, 0.5) is 8.78 Å². The maximum atomic E-state index is 11.9. The Morgan fingerprint density at radius 1 is 1.78 bits per heavy atom. The molecule has 5 heteroatoms. The maximum Gasteiger partial charge on any atom is 0.332 e. The molecule has 9 heavy (non-hydrogen) atoms. The van der Waals surface area contributed by atoms with E-state index >= 15 is 0 Å². The van der Waals surface area contributed by atoms with Crippen molar-refractivity contribution >= 4 is 6.04 Å². The highest BCUT2D eigenvalue weighted by atomic mass is 19.1. The van der Waals surface area contributed by atoms with Crippen LogP contribution in [-0.2, 0) is 4.79 Å². The lowest BCUT2D eigenvalue weighted by molar-refractivity contribution is -0.141. The van der Waals surface area contributed by atoms with E-state index in [2.05, 4.69) is 5.73 Å². The molecule has 0 aromatic heterocycles. The molecular weight excluding hydrogens is 132 g/mol. The minimum Gasteiger partial charge on any atom is -0.379 e. The summed E-state index contributed by atoms with van der Waals surface area (Å²) in [5.41, 5.74) is 4.66. The maximum absolute atomic E-state index is 11.9. The molecule has 0 amide bonds. The van der Waals surface area contributed by atoms with Gasteiger partial charge in [0.1, 0.15) is 6.17 Å². The number of aliphatic hydroxyl groups is 1. The Bertz CT molecular complexity index is 109. The summed E-state index contributed by atoms with van der Waals surface area (Å²) in [4.78, 5) is 9.53. The van der Waals surface area contributed by atoms with Crippen LogP contribution in [0.3, 0.4) is 0 Å². The number of carbonyl (C=O) groups excluding carboxylic acids is 1. The lowest BCUT2D eigenvalue weighted by Gasteiger charge is -2.06. The Labute approximate surface area is 50.5 Å². The first-order valence-electron chi connectivity index (χ1n) is 2.31. The number of nitrogens with two attached hydrogens (primary N) is 1. The molecule has 0 fully saturated rings. The molecule has 0 aliphatic rings. The fraction of sp³-hybridized carbons (Fsp3) is 0.750. The van der Waals surface area contributed by atoms with Gasteiger partial charge in [-0.1, -0.05) is 0 Å². The van der Waals surface area contributed by atoms with Gasteiger partial charge in [-0.2, -0.15) is 4.39 Å². The van der Waals surface area contributed by atoms with Crippen molar-refractivity contribution in [2.75, 3.05) is 6.54 Å². The van der Waals surface area contributed by atoms with Crippen LogP contribution in [-0.4, -0.2) is 30.0 Å². The van der Waals surface area contributed by atoms with Crippen molar-refractivity contribution in [1.29, 1.82) is 0 Å². The van der Waals surface area contributed by atoms with Gasteiger partial charge in [0.2, 0.25) is 0 Å². The zero-order valence-corrected chi connectivity index (χ0v) is 4.55. The number of hydrogen-bond acceptors (Lipinski definition) is 3. The van der Waals surface area contributed by atoms with Gasteiger partial charge < -0.3 is 10.8 Å². The van der Waals surface area contributed by atoms with Gasteiger partial charge in [0.05, 0.1) is 0 Å². The third-order valence-electron chi connectivity index (χ3n) is 0.800. The van der Waals surface area contributed by atoms with Gasteiger partial charge in [-0.05, 0) is 0 Å². The molecule has 2 unspecified atom stereocenters. The van der Waals surface area contributed by atoms with Crippen molar-refractivity contribution < 1.29 is 18.7 Å². The quantitative estimate of drug-likeness (QED) is 0.500. The summed E-state index contributed by atoms with van der Waals surface area (Å²) < 4.78 is 23.3. The molecule has 0 heterocycles. The highest BCUT2D eigenvalue weighted by molar-refractivity contribution is 5.73. The normalized spacial score (nSPS) is 16.9. The van der Waals surface area contributed by atoms with Crippen LogP contribution in [0.25, 0.3) is 0 Å². The molecule has 54 valence electrons. The van der Waals surface area contributed by atoms with Crippen molar-refractivity contribution in [2.24, 2.45) is 5.73 Å². The van der Waals surface area contributed by atoms with Crippen molar-refractivity contribution in [2.45, 2.75) is 12.3 Å². The van der Waals surface area contributed by atoms with Crippen molar-refractivity contribution in [3.05, 3.63) is 0 Å². The van der Waals surface area contributed by atoms with E-state index in [1.807, 2.05) is 0 Å². The Morgan fingerprint density at radius 3 is 2.33 bits per heavy atom. The largest absolute Gasteiger partial charge is 0.379 e. The average molecular weight is 139 g/mol. The number of hydrogen-bond donors (Lipinski definition) is 2. The molecule has 0 bridgehead atoms. The third-order valence-corrected chi connectivity index (χ3v) is 0.800. The molecule has 3 N–H and O–H groups in total. The third kappa shape index (κ3) is 2.48. The van der Waals surface area contributed by atoms with Crippen LogP contribution in [0.2, 0.25) is 0 Å². The van der Waals surface area contributed by atoms with Gasteiger partial charge in [0, 0.05) is 6.54 Å². The number of alkyl halides is 1. The Hall–Kier alpha value is -0.550. The van der Waals surface area contributed by atoms with Gasteiger partial charge in [-0.15, -0.1) is 0 Å². The fourth-order valence-electron chi connectivity index (χ4n) is 0.271. The molecule has 0 aromatic rings. The molecule has 0 aliphatic carbocycles. The second kappa shape index (κ2) is 3.47. The smallest absolute Gasteiger partial charge is 0.332 e. The topological polar surface area (TPSA) is 63.3 Å². The Balaban J connectivity index is 3.72. The zero-order valence-electron chi connectivity index (χ0n) is 4.55. The van der Waals surface area contributed by atoms with Crippen LogP contribution in [0, 0.1) is 0 Å². The second-order valence-electron chi connectivity index (χ2n) is 1.50. The van der Waals surface area contributed by atoms with Crippen molar-refractivity contribution in [3.63, 3.8) is 0 Å². The molecular formula is C4H7F2NO2. The minimum atomic E-state index is -2.21. The first-order chi connectivity index (χ1) is 4.09. The van der Waals surface area contributed by atoms with E-state index in [9.17, 15) is 13.6 Å². The molecule has 0 aliphatic heterocycles. The van der Waals surface area contributed by atoms with E-state index in [4.69, 9.17) is 5.11 Å². The van der Waals surface area contributed by atoms with E-state index in [0.29, 0.717) is 0 Å². The Morgan fingerprint density at radius 2 is 2.22 bits per heavy atom. The highest BCUT2D eigenvalue weighted by Gasteiger charge is 2.23. The fourth-order valence-corrected chi connectivity index (χ4v) is 0.271. The summed E-state index contributed by atoms with van der Waals surface area (Å²) in [6, 6.07) is -2.09. The molecule has 0 spiro atoms. The summed E-state index contributed by atoms with van der Waals surface area (Å²) >= 11 is 0. The average Bonchev–Trinajstić information content (AvgIpc) is 1.84. The molecule has 0 saturated heterocycles. The van der Waals surface area contributed by atoms with Crippen molar-refractivity contribution in [1.82, 2.24) is 0 Å². The number of aliphatic hydroxyl groups excluding tert-OH is 1. The van der Waals surface area contributed by atoms with Crippen LogP contribution < -0.4 is 5.73 Å². The van der Waals surface area contributed by atoms with Gasteiger partial charge in [-0.3, -0.25) is 4.79 Å². The van der Waals surface area contributed by atoms with Crippen LogP contribution in [0.5, 0.6) is 0 Å². The first kappa shape index (κ1) is 8.45. The van der Waals surface area contributed by atoms with E-state index in [1.54, 1.807) is 0 Å². The highest BCUT2D eigenvalue weighted by Crippen LogP contribution is 1.98. The molecule has 0 radical (unpaired) electrons. The molecule has 2 atom stereocenters. The summed E-state index contributed by atoms with van der Waals surface area (Å²) in [5, 5.41) is 8.22. The number of carbonyl (C=O) groups is 1. The predicted octanol–water partition coefficient (Wildman–Crippen LogP) is -0.860. The van der Waals surface area contributed by atoms with Gasteiger partial charge in [0.25, 0.3) is 0 Å². The first-order valence-corrected chi connectivity index (χ1v) is 2.31. The van der Waals surface area contributed by atoms with Crippen molar-refractivity contribution in [3.8, 4) is 0 Å². The summed E-state index contributed by atoms with van der Waals surface area (Å²) in [6.45, 7) is -0.559. The van der Waals surface area contributed by atoms with Gasteiger partial charge >= 0.3 is 6.04 Å². The summed E-state index contributed by atoms with van der Waals surface area (Å²) in [6.07, 6.45) is -4.21. The standard InChI is InChI=1S/C4H7F2NO2/c5-2(1-7)3(8)4(6)9/h2-3,8H,1,7H2. The van der Waals surface area contributed by atoms with E-state index in [0.717, 1.165) is 0 Å². The predicted molar refractivity (Wildman–Crippen MR) is 26.1 cm³/mol. The van der Waals surface area contributed by atoms with Crippen LogP contribution in [0.1, 0.15) is 0 Å². The monoisotopic (exact) mass is 139 g/mol. The van der Waals surface area contributed by atoms with Crippen LogP contribution in [0.15, 0.2) is 0 Å². The van der Waals surface area contributed by atoms with Gasteiger partial charge in [-0.25, -0.2) is 4.39 Å². The second-order valence-corrected chi connectivity index (χ2v) is 1.50. The summed E-state index contributed by atoms with van der Waals surface area (Å²) in [7, 11) is 0. The summed E-state index contributed by atoms with van der Waals surface area (Å²) in [5.74, 6) is 0. The minimum absolute atomic E-state index is 0.559. The van der Waals surface area contributed by atoms with E-state index in [-0.39, 0.29) is 0 Å².